The van der Waals surface area contributed by atoms with Crippen LogP contribution in [-0.4, -0.2) is 40.8 Å². The number of hydrogen-bond donors (Lipinski definition) is 2. The number of anilines is 1. The minimum absolute atomic E-state index is 0.0947. The number of benzene rings is 1. The molecule has 128 valence electrons. The fourth-order valence-corrected chi connectivity index (χ4v) is 2.54. The highest BCUT2D eigenvalue weighted by Crippen LogP contribution is 2.28. The zero-order chi connectivity index (χ0) is 17.2. The van der Waals surface area contributed by atoms with Gasteiger partial charge in [-0.05, 0) is 52.2 Å². The summed E-state index contributed by atoms with van der Waals surface area (Å²) in [6.07, 6.45) is 1.20. The van der Waals surface area contributed by atoms with Crippen molar-refractivity contribution in [2.45, 2.75) is 52.2 Å². The minimum atomic E-state index is -0.496. The average molecular weight is 324 g/mol. The van der Waals surface area contributed by atoms with E-state index in [1.165, 1.54) is 0 Å². The quantitative estimate of drug-likeness (QED) is 0.815. The second-order valence-corrected chi connectivity index (χ2v) is 7.00. The number of amides is 1. The van der Waals surface area contributed by atoms with Crippen molar-refractivity contribution in [3.8, 4) is 5.75 Å². The van der Waals surface area contributed by atoms with Crippen LogP contribution in [0, 0.1) is 12.7 Å². The molecule has 0 spiro atoms. The molecule has 2 N–H and O–H groups in total. The molecule has 1 saturated heterocycles. The Morgan fingerprint density at radius 2 is 1.96 bits per heavy atom. The molecule has 0 aliphatic carbocycles. The molecule has 1 aliphatic rings. The second kappa shape index (κ2) is 6.64. The highest BCUT2D eigenvalue weighted by molar-refractivity contribution is 5.68. The van der Waals surface area contributed by atoms with Crippen molar-refractivity contribution in [1.29, 1.82) is 0 Å². The van der Waals surface area contributed by atoms with E-state index < -0.39 is 11.4 Å². The molecule has 1 fully saturated rings. The van der Waals surface area contributed by atoms with Gasteiger partial charge in [-0.25, -0.2) is 9.18 Å². The maximum absolute atomic E-state index is 13.4. The lowest BCUT2D eigenvalue weighted by atomic mass is 10.0. The molecule has 0 aromatic heterocycles. The summed E-state index contributed by atoms with van der Waals surface area (Å²) >= 11 is 0. The molecule has 1 heterocycles. The van der Waals surface area contributed by atoms with Crippen molar-refractivity contribution in [3.63, 3.8) is 0 Å². The van der Waals surface area contributed by atoms with E-state index in [0.717, 1.165) is 18.9 Å². The molecule has 0 radical (unpaired) electrons. The topological polar surface area (TPSA) is 61.8 Å². The number of hydrogen-bond acceptors (Lipinski definition) is 4. The molecule has 0 saturated carbocycles. The van der Waals surface area contributed by atoms with Crippen molar-refractivity contribution >= 4 is 11.8 Å². The number of aromatic hydroxyl groups is 1. The van der Waals surface area contributed by atoms with Gasteiger partial charge in [-0.2, -0.15) is 0 Å². The van der Waals surface area contributed by atoms with Crippen LogP contribution in [0.1, 0.15) is 39.2 Å². The standard InChI is InChI=1S/C17H25FN2O3/c1-11-9-14(15(21)10-13(11)18)19-12-5-7-20(8-6-12)16(22)23-17(2,3)4/h9-10,12,19,21H,5-8H2,1-4H3. The summed E-state index contributed by atoms with van der Waals surface area (Å²) in [5.41, 5.74) is 0.514. The van der Waals surface area contributed by atoms with Crippen molar-refractivity contribution in [2.24, 2.45) is 0 Å². The van der Waals surface area contributed by atoms with Gasteiger partial charge in [-0.3, -0.25) is 0 Å². The normalized spacial score (nSPS) is 16.3. The van der Waals surface area contributed by atoms with E-state index in [1.807, 2.05) is 20.8 Å². The van der Waals surface area contributed by atoms with Crippen molar-refractivity contribution in [3.05, 3.63) is 23.5 Å². The Bertz CT molecular complexity index is 576. The number of piperidine rings is 1. The molecular formula is C17H25FN2O3. The highest BCUT2D eigenvalue weighted by atomic mass is 19.1. The monoisotopic (exact) mass is 324 g/mol. The summed E-state index contributed by atoms with van der Waals surface area (Å²) in [4.78, 5) is 13.7. The van der Waals surface area contributed by atoms with Gasteiger partial charge in [0.15, 0.2) is 0 Å². The lowest BCUT2D eigenvalue weighted by molar-refractivity contribution is 0.0210. The first-order valence-corrected chi connectivity index (χ1v) is 7.89. The van der Waals surface area contributed by atoms with Gasteiger partial charge in [-0.15, -0.1) is 0 Å². The van der Waals surface area contributed by atoms with E-state index >= 15 is 0 Å². The van der Waals surface area contributed by atoms with Crippen LogP contribution in [0.5, 0.6) is 5.75 Å². The summed E-state index contributed by atoms with van der Waals surface area (Å²) < 4.78 is 18.7. The summed E-state index contributed by atoms with van der Waals surface area (Å²) in [7, 11) is 0. The minimum Gasteiger partial charge on any atom is -0.506 e. The van der Waals surface area contributed by atoms with Crippen molar-refractivity contribution in [1.82, 2.24) is 4.90 Å². The van der Waals surface area contributed by atoms with Gasteiger partial charge >= 0.3 is 6.09 Å². The van der Waals surface area contributed by atoms with E-state index in [4.69, 9.17) is 4.74 Å². The number of ether oxygens (including phenoxy) is 1. The Kier molecular flexibility index (Phi) is 5.02. The summed E-state index contributed by atoms with van der Waals surface area (Å²) in [6.45, 7) is 8.38. The lowest BCUT2D eigenvalue weighted by Crippen LogP contribution is -2.44. The van der Waals surface area contributed by atoms with Gasteiger partial charge in [0.05, 0.1) is 5.69 Å². The van der Waals surface area contributed by atoms with E-state index in [0.29, 0.717) is 24.3 Å². The van der Waals surface area contributed by atoms with Gasteiger partial charge in [0.2, 0.25) is 0 Å². The van der Waals surface area contributed by atoms with Crippen LogP contribution < -0.4 is 5.32 Å². The van der Waals surface area contributed by atoms with Crippen LogP contribution in [0.15, 0.2) is 12.1 Å². The molecule has 1 amide bonds. The molecule has 2 rings (SSSR count). The van der Waals surface area contributed by atoms with Gasteiger partial charge in [0.1, 0.15) is 17.2 Å². The van der Waals surface area contributed by atoms with Crippen LogP contribution in [0.25, 0.3) is 0 Å². The Morgan fingerprint density at radius 3 is 2.52 bits per heavy atom. The van der Waals surface area contributed by atoms with E-state index in [-0.39, 0.29) is 17.9 Å². The number of nitrogens with zero attached hydrogens (tertiary/aromatic N) is 1. The molecule has 1 aliphatic heterocycles. The van der Waals surface area contributed by atoms with Gasteiger partial charge < -0.3 is 20.1 Å². The first-order chi connectivity index (χ1) is 10.7. The summed E-state index contributed by atoms with van der Waals surface area (Å²) in [5, 5.41) is 13.1. The number of carbonyl (C=O) groups is 1. The fourth-order valence-electron chi connectivity index (χ4n) is 2.54. The van der Waals surface area contributed by atoms with Gasteiger partial charge in [0.25, 0.3) is 0 Å². The smallest absolute Gasteiger partial charge is 0.410 e. The fraction of sp³-hybridized carbons (Fsp3) is 0.588. The molecule has 1 aromatic carbocycles. The van der Waals surface area contributed by atoms with Crippen LogP contribution in [-0.2, 0) is 4.74 Å². The van der Waals surface area contributed by atoms with Gasteiger partial charge in [-0.1, -0.05) is 0 Å². The molecule has 23 heavy (non-hydrogen) atoms. The highest BCUT2D eigenvalue weighted by Gasteiger charge is 2.27. The summed E-state index contributed by atoms with van der Waals surface area (Å²) in [5.74, 6) is -0.518. The van der Waals surface area contributed by atoms with E-state index in [9.17, 15) is 14.3 Å². The first kappa shape index (κ1) is 17.4. The number of likely N-dealkylation sites (tertiary alicyclic amines) is 1. The Morgan fingerprint density at radius 1 is 1.35 bits per heavy atom. The SMILES string of the molecule is Cc1cc(NC2CCN(C(=O)OC(C)(C)C)CC2)c(O)cc1F. The van der Waals surface area contributed by atoms with Crippen LogP contribution >= 0.6 is 0 Å². The Hall–Kier alpha value is -1.98. The van der Waals surface area contributed by atoms with Crippen LogP contribution in [0.3, 0.4) is 0 Å². The number of nitrogens with one attached hydrogen (secondary N) is 1. The Balaban J connectivity index is 1.90. The third-order valence-electron chi connectivity index (χ3n) is 3.78. The Labute approximate surface area is 136 Å². The predicted molar refractivity (Wildman–Crippen MR) is 87.3 cm³/mol. The van der Waals surface area contributed by atoms with Crippen LogP contribution in [0.2, 0.25) is 0 Å². The van der Waals surface area contributed by atoms with Crippen LogP contribution in [0.4, 0.5) is 14.9 Å². The van der Waals surface area contributed by atoms with E-state index in [1.54, 1.807) is 17.9 Å². The molecule has 0 bridgehead atoms. The number of aryl methyl sites for hydroxylation is 1. The third-order valence-corrected chi connectivity index (χ3v) is 3.78. The molecule has 0 unspecified atom stereocenters. The van der Waals surface area contributed by atoms with Crippen molar-refractivity contribution < 1.29 is 19.0 Å². The second-order valence-electron chi connectivity index (χ2n) is 7.00. The maximum atomic E-state index is 13.4. The maximum Gasteiger partial charge on any atom is 0.410 e. The number of phenolic OH excluding ortho intramolecular Hbond substituents is 1. The molecule has 6 heteroatoms. The van der Waals surface area contributed by atoms with Gasteiger partial charge in [0, 0.05) is 25.2 Å². The largest absolute Gasteiger partial charge is 0.506 e. The van der Waals surface area contributed by atoms with E-state index in [2.05, 4.69) is 5.32 Å². The summed E-state index contributed by atoms with van der Waals surface area (Å²) in [6, 6.07) is 2.85. The molecule has 0 atom stereocenters. The van der Waals surface area contributed by atoms with Crippen molar-refractivity contribution in [2.75, 3.05) is 18.4 Å². The predicted octanol–water partition coefficient (Wildman–Crippen LogP) is 3.65. The number of halogens is 1. The first-order valence-electron chi connectivity index (χ1n) is 7.89. The molecule has 1 aromatic rings. The lowest BCUT2D eigenvalue weighted by Gasteiger charge is -2.34. The third kappa shape index (κ3) is 4.74. The number of rotatable bonds is 2. The zero-order valence-electron chi connectivity index (χ0n) is 14.1. The number of carbonyl (C=O) groups excluding carboxylic acids is 1. The number of phenols is 1. The zero-order valence-corrected chi connectivity index (χ0v) is 14.1. The molecular weight excluding hydrogens is 299 g/mol. The molecule has 5 nitrogen and oxygen atoms in total. The average Bonchev–Trinajstić information content (AvgIpc) is 2.43.